The van der Waals surface area contributed by atoms with Crippen molar-refractivity contribution in [1.29, 1.82) is 0 Å². The first-order valence-electron chi connectivity index (χ1n) is 11.5. The predicted octanol–water partition coefficient (Wildman–Crippen LogP) is 3.11. The second-order valence-corrected chi connectivity index (χ2v) is 10.1. The third kappa shape index (κ3) is 5.25. The van der Waals surface area contributed by atoms with Crippen molar-refractivity contribution in [1.82, 2.24) is 9.29 Å². The van der Waals surface area contributed by atoms with Crippen molar-refractivity contribution in [2.75, 3.05) is 42.9 Å². The lowest BCUT2D eigenvalue weighted by molar-refractivity contribution is 0.158. The summed E-state index contributed by atoms with van der Waals surface area (Å²) in [7, 11) is -3.78. The molecule has 2 N–H and O–H groups in total. The average molecular weight is 492 g/mol. The summed E-state index contributed by atoms with van der Waals surface area (Å²) in [5.74, 6) is 0.196. The normalized spacial score (nSPS) is 18.4. The summed E-state index contributed by atoms with van der Waals surface area (Å²) in [6, 6.07) is 7.28. The summed E-state index contributed by atoms with van der Waals surface area (Å²) in [6.07, 6.45) is 5.06. The number of ether oxygens (including phenoxy) is 1. The minimum atomic E-state index is -3.78. The molecule has 9 nitrogen and oxygen atoms in total. The summed E-state index contributed by atoms with van der Waals surface area (Å²) in [6.45, 7) is 3.89. The number of nitrogens with two attached hydrogens (primary N) is 1. The smallest absolute Gasteiger partial charge is 0.304 e. The van der Waals surface area contributed by atoms with E-state index < -0.39 is 16.0 Å². The average Bonchev–Trinajstić information content (AvgIpc) is 3.35. The van der Waals surface area contributed by atoms with Crippen LogP contribution in [0.3, 0.4) is 0 Å². The van der Waals surface area contributed by atoms with Crippen molar-refractivity contribution >= 4 is 27.4 Å². The van der Waals surface area contributed by atoms with Crippen molar-refractivity contribution < 1.29 is 22.4 Å². The Morgan fingerprint density at radius 3 is 2.85 bits per heavy atom. The van der Waals surface area contributed by atoms with Gasteiger partial charge in [0.15, 0.2) is 5.82 Å². The molecule has 0 radical (unpaired) electrons. The fourth-order valence-electron chi connectivity index (χ4n) is 4.21. The van der Waals surface area contributed by atoms with Gasteiger partial charge in [0.2, 0.25) is 0 Å². The van der Waals surface area contributed by atoms with Crippen molar-refractivity contribution in [2.24, 2.45) is 5.16 Å². The van der Waals surface area contributed by atoms with Crippen LogP contribution in [0.2, 0.25) is 0 Å². The minimum absolute atomic E-state index is 0.0611. The molecule has 0 amide bonds. The molecule has 11 heteroatoms. The Balaban J connectivity index is 1.21. The highest BCUT2D eigenvalue weighted by Gasteiger charge is 2.37. The summed E-state index contributed by atoms with van der Waals surface area (Å²) < 4.78 is 48.1. The van der Waals surface area contributed by atoms with Gasteiger partial charge in [-0.1, -0.05) is 5.16 Å². The summed E-state index contributed by atoms with van der Waals surface area (Å²) >= 11 is 0. The zero-order valence-electron chi connectivity index (χ0n) is 19.2. The summed E-state index contributed by atoms with van der Waals surface area (Å²) in [5.41, 5.74) is 8.86. The van der Waals surface area contributed by atoms with Crippen LogP contribution in [-0.4, -0.2) is 56.3 Å². The number of aryl methyl sites for hydroxylation is 1. The second-order valence-electron chi connectivity index (χ2n) is 8.22. The molecule has 1 aromatic heterocycles. The molecule has 0 atom stereocenters. The molecule has 184 valence electrons. The molecule has 0 spiro atoms. The lowest BCUT2D eigenvalue weighted by atomic mass is 10.1. The van der Waals surface area contributed by atoms with Crippen molar-refractivity contribution in [2.45, 2.75) is 39.0 Å². The van der Waals surface area contributed by atoms with E-state index in [-0.39, 0.29) is 18.1 Å². The highest BCUT2D eigenvalue weighted by Crippen LogP contribution is 2.29. The Labute approximate surface area is 199 Å². The quantitative estimate of drug-likeness (QED) is 0.404. The van der Waals surface area contributed by atoms with Crippen LogP contribution >= 0.6 is 0 Å². The Morgan fingerprint density at radius 2 is 2.03 bits per heavy atom. The van der Waals surface area contributed by atoms with Crippen molar-refractivity contribution in [3.63, 3.8) is 0 Å². The molecule has 2 heterocycles. The van der Waals surface area contributed by atoms with Gasteiger partial charge in [0.1, 0.15) is 18.2 Å². The SMILES string of the molecule is CCO/N=C1\CCc2cc(OCCCCCN3CCN(c4cc(N)ncc4F)S3(=O)=O)ccc21. The molecule has 34 heavy (non-hydrogen) atoms. The van der Waals surface area contributed by atoms with E-state index in [1.165, 1.54) is 15.9 Å². The third-order valence-corrected chi connectivity index (χ3v) is 7.88. The lowest BCUT2D eigenvalue weighted by Gasteiger charge is -2.20. The van der Waals surface area contributed by atoms with Gasteiger partial charge in [-0.2, -0.15) is 12.7 Å². The van der Waals surface area contributed by atoms with Crippen LogP contribution in [0.1, 0.15) is 43.7 Å². The Bertz CT molecular complexity index is 1160. The first-order chi connectivity index (χ1) is 16.4. The maximum atomic E-state index is 14.1. The van der Waals surface area contributed by atoms with E-state index in [0.717, 1.165) is 53.2 Å². The number of aromatic nitrogens is 1. The molecule has 2 aliphatic rings. The summed E-state index contributed by atoms with van der Waals surface area (Å²) in [4.78, 5) is 8.84. The molecule has 0 unspecified atom stereocenters. The van der Waals surface area contributed by atoms with Crippen molar-refractivity contribution in [3.8, 4) is 5.75 Å². The first kappa shape index (κ1) is 24.2. The Morgan fingerprint density at radius 1 is 1.18 bits per heavy atom. The molecule has 1 aliphatic carbocycles. The number of oxime groups is 1. The van der Waals surface area contributed by atoms with Gasteiger partial charge < -0.3 is 15.3 Å². The van der Waals surface area contributed by atoms with Gasteiger partial charge in [0.05, 0.1) is 24.2 Å². The third-order valence-electron chi connectivity index (χ3n) is 5.93. The molecule has 1 aromatic carbocycles. The van der Waals surface area contributed by atoms with E-state index in [9.17, 15) is 12.8 Å². The van der Waals surface area contributed by atoms with Crippen LogP contribution in [0, 0.1) is 5.82 Å². The highest BCUT2D eigenvalue weighted by molar-refractivity contribution is 7.90. The number of rotatable bonds is 10. The van der Waals surface area contributed by atoms with E-state index in [1.54, 1.807) is 0 Å². The van der Waals surface area contributed by atoms with Crippen LogP contribution in [0.4, 0.5) is 15.9 Å². The Hall–Kier alpha value is -2.92. The second kappa shape index (κ2) is 10.6. The summed E-state index contributed by atoms with van der Waals surface area (Å²) in [5, 5.41) is 4.18. The highest BCUT2D eigenvalue weighted by atomic mass is 32.2. The predicted molar refractivity (Wildman–Crippen MR) is 129 cm³/mol. The lowest BCUT2D eigenvalue weighted by Crippen LogP contribution is -2.34. The molecule has 1 saturated heterocycles. The number of nitrogens with zero attached hydrogens (tertiary/aromatic N) is 4. The molecule has 4 rings (SSSR count). The van der Waals surface area contributed by atoms with Crippen LogP contribution in [-0.2, 0) is 21.5 Å². The van der Waals surface area contributed by atoms with Crippen LogP contribution in [0.15, 0.2) is 35.6 Å². The number of anilines is 2. The fraction of sp³-hybridized carbons (Fsp3) is 0.478. The van der Waals surface area contributed by atoms with Gasteiger partial charge in [-0.15, -0.1) is 0 Å². The zero-order chi connectivity index (χ0) is 24.1. The topological polar surface area (TPSA) is 110 Å². The maximum absolute atomic E-state index is 14.1. The molecular formula is C23H30FN5O4S. The van der Waals surface area contributed by atoms with Crippen LogP contribution in [0.25, 0.3) is 0 Å². The number of hydrogen-bond acceptors (Lipinski definition) is 7. The number of benzene rings is 1. The van der Waals surface area contributed by atoms with Crippen LogP contribution < -0.4 is 14.8 Å². The van der Waals surface area contributed by atoms with Gasteiger partial charge in [-0.3, -0.25) is 4.31 Å². The number of halogens is 1. The molecular weight excluding hydrogens is 461 g/mol. The van der Waals surface area contributed by atoms with E-state index in [2.05, 4.69) is 16.2 Å². The molecule has 1 fully saturated rings. The molecule has 1 aliphatic heterocycles. The van der Waals surface area contributed by atoms with E-state index in [0.29, 0.717) is 32.7 Å². The largest absolute Gasteiger partial charge is 0.494 e. The number of hydrogen-bond donors (Lipinski definition) is 1. The van der Waals surface area contributed by atoms with Gasteiger partial charge in [-0.25, -0.2) is 9.37 Å². The van der Waals surface area contributed by atoms with Gasteiger partial charge in [0, 0.05) is 31.3 Å². The number of fused-ring (bicyclic) bond motifs is 1. The molecule has 2 aromatic rings. The van der Waals surface area contributed by atoms with E-state index in [1.807, 2.05) is 19.1 Å². The van der Waals surface area contributed by atoms with Gasteiger partial charge >= 0.3 is 10.2 Å². The Kier molecular flexibility index (Phi) is 7.52. The van der Waals surface area contributed by atoms with Crippen molar-refractivity contribution in [3.05, 3.63) is 47.4 Å². The molecule has 0 saturated carbocycles. The van der Waals surface area contributed by atoms with E-state index >= 15 is 0 Å². The number of pyridine rings is 1. The molecule has 0 bridgehead atoms. The number of unbranched alkanes of at least 4 members (excludes halogenated alkanes) is 2. The minimum Gasteiger partial charge on any atom is -0.494 e. The van der Waals surface area contributed by atoms with Gasteiger partial charge in [-0.05, 0) is 62.8 Å². The maximum Gasteiger partial charge on any atom is 0.304 e. The zero-order valence-corrected chi connectivity index (χ0v) is 20.1. The van der Waals surface area contributed by atoms with E-state index in [4.69, 9.17) is 15.3 Å². The fourth-order valence-corrected chi connectivity index (χ4v) is 5.86. The first-order valence-corrected chi connectivity index (χ1v) is 12.9. The van der Waals surface area contributed by atoms with Crippen LogP contribution in [0.5, 0.6) is 5.75 Å². The van der Waals surface area contributed by atoms with Gasteiger partial charge in [0.25, 0.3) is 0 Å². The number of nitrogen functional groups attached to an aromatic ring is 1. The standard InChI is InChI=1S/C23H30FN5O4S/c1-2-33-27-21-9-6-17-14-18(7-8-19(17)21)32-13-5-3-4-10-28-11-12-29(34(28,30)31)22-15-23(25)26-16-20(22)24/h7-8,14-16H,2-6,9-13H2,1H3,(H2,25,26)/b27-21+. The monoisotopic (exact) mass is 491 g/mol.